The molecular weight excluding hydrogens is 406 g/mol. The third-order valence-corrected chi connectivity index (χ3v) is 6.11. The molecule has 0 unspecified atom stereocenters. The van der Waals surface area contributed by atoms with Crippen molar-refractivity contribution in [1.82, 2.24) is 20.1 Å². The lowest BCUT2D eigenvalue weighted by Crippen LogP contribution is -2.57. The average molecular weight is 424 g/mol. The highest BCUT2D eigenvalue weighted by molar-refractivity contribution is 9.10. The lowest BCUT2D eigenvalue weighted by molar-refractivity contribution is -0.117. The van der Waals surface area contributed by atoms with Gasteiger partial charge in [0.1, 0.15) is 11.7 Å². The molecule has 4 rings (SSSR count). The highest BCUT2D eigenvalue weighted by atomic mass is 79.9. The van der Waals surface area contributed by atoms with Crippen molar-refractivity contribution >= 4 is 27.9 Å². The second-order valence-corrected chi connectivity index (χ2v) is 7.48. The van der Waals surface area contributed by atoms with Crippen LogP contribution in [0.2, 0.25) is 0 Å². The number of aromatic nitrogens is 1. The number of hydrogen-bond donors (Lipinski definition) is 2. The molecule has 0 bridgehead atoms. The number of rotatable bonds is 5. The number of nitrogens with one attached hydrogen (secondary N) is 2. The third kappa shape index (κ3) is 2.31. The van der Waals surface area contributed by atoms with Gasteiger partial charge in [0.05, 0.1) is 16.7 Å². The lowest BCUT2D eigenvalue weighted by atomic mass is 10.0. The van der Waals surface area contributed by atoms with Gasteiger partial charge in [0, 0.05) is 31.5 Å². The van der Waals surface area contributed by atoms with Crippen molar-refractivity contribution in [2.75, 3.05) is 20.2 Å². The molecule has 0 spiro atoms. The third-order valence-electron chi connectivity index (χ3n) is 5.46. The lowest BCUT2D eigenvalue weighted by Gasteiger charge is -2.34. The quantitative estimate of drug-likeness (QED) is 0.324. The second kappa shape index (κ2) is 6.19. The first-order valence-corrected chi connectivity index (χ1v) is 9.15. The zero-order chi connectivity index (χ0) is 18.5. The Labute approximate surface area is 157 Å². The van der Waals surface area contributed by atoms with Gasteiger partial charge in [-0.25, -0.2) is 4.79 Å². The van der Waals surface area contributed by atoms with Gasteiger partial charge in [0.25, 0.3) is 5.91 Å². The number of likely N-dealkylation sites (N-methyl/N-ethyl adjacent to an activating group) is 1. The van der Waals surface area contributed by atoms with Gasteiger partial charge in [-0.05, 0) is 40.0 Å². The summed E-state index contributed by atoms with van der Waals surface area (Å²) < 4.78 is 8.97. The zero-order valence-electron chi connectivity index (χ0n) is 14.1. The Morgan fingerprint density at radius 3 is 3.04 bits per heavy atom. The van der Waals surface area contributed by atoms with Gasteiger partial charge in [-0.3, -0.25) is 9.69 Å². The molecule has 2 aliphatic heterocycles. The average Bonchev–Trinajstić information content (AvgIpc) is 3.21. The van der Waals surface area contributed by atoms with Crippen LogP contribution in [0.15, 0.2) is 21.9 Å². The SMILES string of the molecule is CN1C(=O)N[C@H]2[C@@H]3NC(=O)c4ccc(Br)n4[C@@H]3C[C@]21OCCCN=[N+]=[N-]. The van der Waals surface area contributed by atoms with Gasteiger partial charge in [0.2, 0.25) is 0 Å². The van der Waals surface area contributed by atoms with E-state index in [0.29, 0.717) is 31.7 Å². The van der Waals surface area contributed by atoms with Crippen molar-refractivity contribution in [3.05, 3.63) is 32.9 Å². The molecule has 3 amide bonds. The van der Waals surface area contributed by atoms with Gasteiger partial charge < -0.3 is 19.9 Å². The Morgan fingerprint density at radius 2 is 2.27 bits per heavy atom. The number of nitrogens with zero attached hydrogens (tertiary/aromatic N) is 5. The van der Waals surface area contributed by atoms with E-state index in [1.165, 1.54) is 0 Å². The van der Waals surface area contributed by atoms with E-state index >= 15 is 0 Å². The van der Waals surface area contributed by atoms with Crippen LogP contribution in [0.1, 0.15) is 29.4 Å². The van der Waals surface area contributed by atoms with Crippen LogP contribution in [-0.4, -0.2) is 59.4 Å². The Kier molecular flexibility index (Phi) is 4.09. The number of ether oxygens (including phenoxy) is 1. The van der Waals surface area contributed by atoms with Crippen LogP contribution in [0.4, 0.5) is 4.79 Å². The molecule has 2 fully saturated rings. The minimum atomic E-state index is -0.860. The Bertz CT molecular complexity index is 820. The highest BCUT2D eigenvalue weighted by Gasteiger charge is 2.65. The van der Waals surface area contributed by atoms with Crippen molar-refractivity contribution in [1.29, 1.82) is 0 Å². The number of urea groups is 1. The second-order valence-electron chi connectivity index (χ2n) is 6.67. The number of azide groups is 1. The van der Waals surface area contributed by atoms with Crippen molar-refractivity contribution < 1.29 is 14.3 Å². The maximum Gasteiger partial charge on any atom is 0.319 e. The van der Waals surface area contributed by atoms with Crippen LogP contribution in [-0.2, 0) is 4.74 Å². The molecule has 1 aromatic rings. The number of hydrogen-bond acceptors (Lipinski definition) is 4. The van der Waals surface area contributed by atoms with Crippen LogP contribution in [0, 0.1) is 0 Å². The first-order chi connectivity index (χ1) is 12.5. The summed E-state index contributed by atoms with van der Waals surface area (Å²) in [6, 6.07) is 2.72. The Balaban J connectivity index is 1.65. The van der Waals surface area contributed by atoms with Crippen LogP contribution >= 0.6 is 15.9 Å². The molecule has 2 N–H and O–H groups in total. The molecule has 0 aromatic carbocycles. The molecule has 11 heteroatoms. The summed E-state index contributed by atoms with van der Waals surface area (Å²) in [6.07, 6.45) is 1.10. The van der Waals surface area contributed by atoms with Gasteiger partial charge in [0.15, 0.2) is 5.72 Å². The fraction of sp³-hybridized carbons (Fsp3) is 0.600. The van der Waals surface area contributed by atoms with Crippen LogP contribution in [0.25, 0.3) is 10.4 Å². The molecule has 1 aromatic heterocycles. The van der Waals surface area contributed by atoms with Crippen LogP contribution < -0.4 is 10.6 Å². The first-order valence-electron chi connectivity index (χ1n) is 8.36. The number of halogens is 1. The van der Waals surface area contributed by atoms with Crippen molar-refractivity contribution in [2.45, 2.75) is 36.7 Å². The van der Waals surface area contributed by atoms with E-state index in [2.05, 4.69) is 36.6 Å². The molecular formula is C15H18BrN7O3. The molecule has 10 nitrogen and oxygen atoms in total. The Morgan fingerprint density at radius 1 is 1.46 bits per heavy atom. The van der Waals surface area contributed by atoms with E-state index in [1.807, 2.05) is 10.6 Å². The summed E-state index contributed by atoms with van der Waals surface area (Å²) in [5.74, 6) is -0.167. The smallest absolute Gasteiger partial charge is 0.319 e. The van der Waals surface area contributed by atoms with Gasteiger partial charge in [-0.1, -0.05) is 5.11 Å². The fourth-order valence-electron chi connectivity index (χ4n) is 4.28. The zero-order valence-corrected chi connectivity index (χ0v) is 15.6. The van der Waals surface area contributed by atoms with Crippen molar-refractivity contribution in [2.24, 2.45) is 5.11 Å². The number of fused-ring (bicyclic) bond motifs is 5. The number of carbonyl (C=O) groups excluding carboxylic acids is 2. The van der Waals surface area contributed by atoms with E-state index < -0.39 is 5.72 Å². The molecule has 4 atom stereocenters. The van der Waals surface area contributed by atoms with E-state index in [4.69, 9.17) is 10.3 Å². The minimum absolute atomic E-state index is 0.0442. The van der Waals surface area contributed by atoms with Gasteiger partial charge >= 0.3 is 6.03 Å². The number of amides is 3. The summed E-state index contributed by atoms with van der Waals surface area (Å²) in [4.78, 5) is 29.1. The molecule has 138 valence electrons. The summed E-state index contributed by atoms with van der Waals surface area (Å²) in [5.41, 5.74) is 8.10. The van der Waals surface area contributed by atoms with E-state index in [9.17, 15) is 9.59 Å². The largest absolute Gasteiger partial charge is 0.353 e. The number of carbonyl (C=O) groups is 2. The summed E-state index contributed by atoms with van der Waals surface area (Å²) >= 11 is 3.52. The van der Waals surface area contributed by atoms with E-state index in [0.717, 1.165) is 4.60 Å². The molecule has 0 radical (unpaired) electrons. The molecule has 3 heterocycles. The normalized spacial score (nSPS) is 31.6. The van der Waals surface area contributed by atoms with E-state index in [-0.39, 0.29) is 30.1 Å². The Hall–Kier alpha value is -2.23. The molecule has 1 saturated carbocycles. The predicted octanol–water partition coefficient (Wildman–Crippen LogP) is 1.74. The fourth-order valence-corrected chi connectivity index (χ4v) is 4.87. The molecule has 1 aliphatic carbocycles. The minimum Gasteiger partial charge on any atom is -0.353 e. The maximum atomic E-state index is 12.5. The van der Waals surface area contributed by atoms with Crippen molar-refractivity contribution in [3.8, 4) is 0 Å². The first kappa shape index (κ1) is 17.2. The molecule has 1 saturated heterocycles. The van der Waals surface area contributed by atoms with Crippen molar-refractivity contribution in [3.63, 3.8) is 0 Å². The predicted molar refractivity (Wildman–Crippen MR) is 94.4 cm³/mol. The summed E-state index contributed by atoms with van der Waals surface area (Å²) in [7, 11) is 1.70. The summed E-state index contributed by atoms with van der Waals surface area (Å²) in [5, 5.41) is 9.49. The molecule has 3 aliphatic rings. The van der Waals surface area contributed by atoms with Gasteiger partial charge in [-0.2, -0.15) is 0 Å². The molecule has 26 heavy (non-hydrogen) atoms. The standard InChI is InChI=1S/C15H18BrN7O3/c1-22-14(25)20-12-11-9(7-15(12,22)26-6-2-5-18-21-17)23-8(13(24)19-11)3-4-10(23)16/h3-4,9,11-12H,2,5-7H2,1H3,(H,19,24)(H,20,25)/t9-,11-,12+,15+/m1/s1. The highest BCUT2D eigenvalue weighted by Crippen LogP contribution is 2.48. The van der Waals surface area contributed by atoms with Gasteiger partial charge in [-0.15, -0.1) is 0 Å². The topological polar surface area (TPSA) is 124 Å². The summed E-state index contributed by atoms with van der Waals surface area (Å²) in [6.45, 7) is 0.682. The maximum absolute atomic E-state index is 12.5. The van der Waals surface area contributed by atoms with E-state index in [1.54, 1.807) is 18.0 Å². The van der Waals surface area contributed by atoms with Crippen LogP contribution in [0.5, 0.6) is 0 Å². The monoisotopic (exact) mass is 423 g/mol. The van der Waals surface area contributed by atoms with Crippen LogP contribution in [0.3, 0.4) is 0 Å².